The van der Waals surface area contributed by atoms with Gasteiger partial charge in [-0.15, -0.1) is 0 Å². The molecule has 1 fully saturated rings. The number of aliphatic hydroxyl groups excluding tert-OH is 1. The largest absolute Gasteiger partial charge is 0.458 e. The Balaban J connectivity index is 2.61. The lowest BCUT2D eigenvalue weighted by Gasteiger charge is -2.35. The molecule has 0 spiro atoms. The van der Waals surface area contributed by atoms with Crippen LogP contribution in [0, 0.1) is 5.41 Å². The van der Waals surface area contributed by atoms with Crippen molar-refractivity contribution in [3.8, 4) is 0 Å². The number of allylic oxidation sites excluding steroid dienone is 1. The topological polar surface area (TPSA) is 46.5 Å². The second kappa shape index (κ2) is 13.4. The fourth-order valence-electron chi connectivity index (χ4n) is 4.01. The van der Waals surface area contributed by atoms with Gasteiger partial charge in [-0.3, -0.25) is 4.79 Å². The normalized spacial score (nSPS) is 18.4. The van der Waals surface area contributed by atoms with Gasteiger partial charge in [-0.1, -0.05) is 64.4 Å². The van der Waals surface area contributed by atoms with Crippen molar-refractivity contribution in [2.45, 2.75) is 110 Å². The first-order valence-electron chi connectivity index (χ1n) is 10.6. The predicted octanol–water partition coefficient (Wildman–Crippen LogP) is 5.95. The summed E-state index contributed by atoms with van der Waals surface area (Å²) < 4.78 is 5.54. The number of esters is 1. The van der Waals surface area contributed by atoms with Gasteiger partial charge in [0.1, 0.15) is 6.10 Å². The Bertz CT molecular complexity index is 369. The Labute approximate surface area is 155 Å². The van der Waals surface area contributed by atoms with Crippen LogP contribution in [0.4, 0.5) is 0 Å². The van der Waals surface area contributed by atoms with Gasteiger partial charge in [0.25, 0.3) is 0 Å². The molecule has 0 radical (unpaired) electrons. The van der Waals surface area contributed by atoms with Gasteiger partial charge in [-0.05, 0) is 50.0 Å². The monoisotopic (exact) mass is 352 g/mol. The van der Waals surface area contributed by atoms with Crippen molar-refractivity contribution in [3.05, 3.63) is 12.2 Å². The van der Waals surface area contributed by atoms with Crippen molar-refractivity contribution in [2.24, 2.45) is 5.41 Å². The van der Waals surface area contributed by atoms with E-state index in [2.05, 4.69) is 19.1 Å². The van der Waals surface area contributed by atoms with Gasteiger partial charge in [-0.2, -0.15) is 0 Å². The van der Waals surface area contributed by atoms with Gasteiger partial charge in [0.2, 0.25) is 0 Å². The number of unbranched alkanes of at least 4 members (excludes halogenated alkanes) is 5. The van der Waals surface area contributed by atoms with E-state index in [4.69, 9.17) is 9.84 Å². The first-order valence-corrected chi connectivity index (χ1v) is 10.6. The molecule has 0 aromatic rings. The van der Waals surface area contributed by atoms with Crippen LogP contribution in [0.3, 0.4) is 0 Å². The molecule has 0 amide bonds. The van der Waals surface area contributed by atoms with E-state index >= 15 is 0 Å². The van der Waals surface area contributed by atoms with Crippen LogP contribution in [0.25, 0.3) is 0 Å². The SMILES string of the molecule is CCCCCC(/C=C/C1(CCCCCCO)CCCCC1)OC(C)=O. The summed E-state index contributed by atoms with van der Waals surface area (Å²) in [6, 6.07) is 0. The van der Waals surface area contributed by atoms with Crippen molar-refractivity contribution >= 4 is 5.97 Å². The molecule has 1 rings (SSSR count). The molecule has 0 bridgehead atoms. The summed E-state index contributed by atoms with van der Waals surface area (Å²) >= 11 is 0. The molecule has 0 aromatic carbocycles. The average Bonchev–Trinajstić information content (AvgIpc) is 2.60. The van der Waals surface area contributed by atoms with Crippen LogP contribution < -0.4 is 0 Å². The summed E-state index contributed by atoms with van der Waals surface area (Å²) in [5.74, 6) is -0.173. The second-order valence-electron chi connectivity index (χ2n) is 7.81. The Hall–Kier alpha value is -0.830. The molecule has 1 aliphatic carbocycles. The molecule has 1 unspecified atom stereocenters. The third-order valence-corrected chi connectivity index (χ3v) is 5.51. The Morgan fingerprint density at radius 3 is 2.44 bits per heavy atom. The highest BCUT2D eigenvalue weighted by Gasteiger charge is 2.29. The third-order valence-electron chi connectivity index (χ3n) is 5.51. The maximum Gasteiger partial charge on any atom is 0.303 e. The highest BCUT2D eigenvalue weighted by molar-refractivity contribution is 5.66. The van der Waals surface area contributed by atoms with Crippen molar-refractivity contribution < 1.29 is 14.6 Å². The van der Waals surface area contributed by atoms with Crippen molar-refractivity contribution in [2.75, 3.05) is 6.61 Å². The van der Waals surface area contributed by atoms with Crippen LogP contribution in [0.2, 0.25) is 0 Å². The molecule has 25 heavy (non-hydrogen) atoms. The van der Waals surface area contributed by atoms with E-state index in [1.54, 1.807) is 0 Å². The smallest absolute Gasteiger partial charge is 0.303 e. The lowest BCUT2D eigenvalue weighted by molar-refractivity contribution is -0.144. The molecule has 1 saturated carbocycles. The predicted molar refractivity (Wildman–Crippen MR) is 105 cm³/mol. The Morgan fingerprint density at radius 2 is 1.80 bits per heavy atom. The van der Waals surface area contributed by atoms with E-state index in [1.807, 2.05) is 0 Å². The Morgan fingerprint density at radius 1 is 1.08 bits per heavy atom. The summed E-state index contributed by atoms with van der Waals surface area (Å²) in [6.07, 6.45) is 21.2. The first-order chi connectivity index (χ1) is 12.1. The van der Waals surface area contributed by atoms with Gasteiger partial charge in [-0.25, -0.2) is 0 Å². The number of hydrogen-bond acceptors (Lipinski definition) is 3. The fraction of sp³-hybridized carbons (Fsp3) is 0.864. The van der Waals surface area contributed by atoms with Gasteiger partial charge in [0, 0.05) is 13.5 Å². The van der Waals surface area contributed by atoms with Crippen LogP contribution in [0.15, 0.2) is 12.2 Å². The zero-order valence-electron chi connectivity index (χ0n) is 16.6. The van der Waals surface area contributed by atoms with Crippen molar-refractivity contribution in [1.82, 2.24) is 0 Å². The van der Waals surface area contributed by atoms with Crippen molar-refractivity contribution in [3.63, 3.8) is 0 Å². The summed E-state index contributed by atoms with van der Waals surface area (Å²) in [5.41, 5.74) is 0.306. The molecule has 3 heteroatoms. The number of aliphatic hydroxyl groups is 1. The highest BCUT2D eigenvalue weighted by Crippen LogP contribution is 2.42. The molecule has 0 saturated heterocycles. The minimum Gasteiger partial charge on any atom is -0.458 e. The lowest BCUT2D eigenvalue weighted by atomic mass is 9.70. The molecule has 0 aromatic heterocycles. The maximum absolute atomic E-state index is 11.4. The summed E-state index contributed by atoms with van der Waals surface area (Å²) in [7, 11) is 0. The van der Waals surface area contributed by atoms with E-state index < -0.39 is 0 Å². The maximum atomic E-state index is 11.4. The summed E-state index contributed by atoms with van der Waals surface area (Å²) in [4.78, 5) is 11.4. The van der Waals surface area contributed by atoms with E-state index in [9.17, 15) is 4.79 Å². The van der Waals surface area contributed by atoms with Crippen LogP contribution >= 0.6 is 0 Å². The van der Waals surface area contributed by atoms with Gasteiger partial charge < -0.3 is 9.84 Å². The average molecular weight is 353 g/mol. The number of carbonyl (C=O) groups excluding carboxylic acids is 1. The minimum absolute atomic E-state index is 0.0581. The molecule has 3 nitrogen and oxygen atoms in total. The minimum atomic E-state index is -0.173. The highest BCUT2D eigenvalue weighted by atomic mass is 16.5. The van der Waals surface area contributed by atoms with E-state index in [0.717, 1.165) is 25.7 Å². The molecule has 1 atom stereocenters. The molecular weight excluding hydrogens is 312 g/mol. The molecule has 0 heterocycles. The van der Waals surface area contributed by atoms with Crippen LogP contribution in [0.1, 0.15) is 104 Å². The Kier molecular flexibility index (Phi) is 11.9. The van der Waals surface area contributed by atoms with Gasteiger partial charge >= 0.3 is 5.97 Å². The quantitative estimate of drug-likeness (QED) is 0.253. The number of rotatable bonds is 13. The van der Waals surface area contributed by atoms with Gasteiger partial charge in [0.15, 0.2) is 0 Å². The second-order valence-corrected chi connectivity index (χ2v) is 7.81. The molecule has 0 aliphatic heterocycles. The molecular formula is C22H40O3. The van der Waals surface area contributed by atoms with Crippen LogP contribution in [0.5, 0.6) is 0 Å². The lowest BCUT2D eigenvalue weighted by Crippen LogP contribution is -2.23. The van der Waals surface area contributed by atoms with E-state index in [1.165, 1.54) is 71.1 Å². The number of carbonyl (C=O) groups is 1. The molecule has 1 N–H and O–H groups in total. The number of ether oxygens (including phenoxy) is 1. The zero-order valence-corrected chi connectivity index (χ0v) is 16.6. The number of hydrogen-bond donors (Lipinski definition) is 1. The first kappa shape index (κ1) is 22.2. The fourth-order valence-corrected chi connectivity index (χ4v) is 4.01. The van der Waals surface area contributed by atoms with Crippen molar-refractivity contribution in [1.29, 1.82) is 0 Å². The van der Waals surface area contributed by atoms with Gasteiger partial charge in [0.05, 0.1) is 0 Å². The molecule has 146 valence electrons. The molecule has 1 aliphatic rings. The third kappa shape index (κ3) is 10.0. The zero-order chi connectivity index (χ0) is 18.4. The summed E-state index contributed by atoms with van der Waals surface area (Å²) in [6.45, 7) is 4.02. The van der Waals surface area contributed by atoms with E-state index in [0.29, 0.717) is 12.0 Å². The van der Waals surface area contributed by atoms with Crippen LogP contribution in [-0.2, 0) is 9.53 Å². The van der Waals surface area contributed by atoms with Crippen LogP contribution in [-0.4, -0.2) is 23.8 Å². The standard InChI is InChI=1S/C22H40O3/c1-3-4-8-13-21(25-20(2)24)14-18-22(16-10-7-11-17-22)15-9-5-6-12-19-23/h14,18,21,23H,3-13,15-17,19H2,1-2H3/b18-14+. The van der Waals surface area contributed by atoms with E-state index in [-0.39, 0.29) is 12.1 Å². The summed E-state index contributed by atoms with van der Waals surface area (Å²) in [5, 5.41) is 8.92.